The van der Waals surface area contributed by atoms with Gasteiger partial charge in [-0.1, -0.05) is 12.1 Å². The summed E-state index contributed by atoms with van der Waals surface area (Å²) in [5, 5.41) is 25.7. The predicted octanol–water partition coefficient (Wildman–Crippen LogP) is -2.17. The maximum absolute atomic E-state index is 12.6. The summed E-state index contributed by atoms with van der Waals surface area (Å²) in [5.74, 6) is -4.03. The molecule has 13 nitrogen and oxygen atoms in total. The number of nitrogens with one attached hydrogen (secondary N) is 3. The lowest BCUT2D eigenvalue weighted by atomic mass is 10.1. The van der Waals surface area contributed by atoms with E-state index in [0.29, 0.717) is 24.9 Å². The molecule has 35 heavy (non-hydrogen) atoms. The normalized spacial score (nSPS) is 13.2. The van der Waals surface area contributed by atoms with Crippen LogP contribution >= 0.6 is 0 Å². The zero-order chi connectivity index (χ0) is 26.4. The summed E-state index contributed by atoms with van der Waals surface area (Å²) in [6.07, 6.45) is 0.976. The highest BCUT2D eigenvalue weighted by Crippen LogP contribution is 2.11. The van der Waals surface area contributed by atoms with Crippen LogP contribution in [0, 0.1) is 0 Å². The number of hydrogen-bond donors (Lipinski definition) is 8. The lowest BCUT2D eigenvalue weighted by molar-refractivity contribution is -0.142. The van der Waals surface area contributed by atoms with Crippen LogP contribution in [0.25, 0.3) is 0 Å². The maximum atomic E-state index is 12.6. The fraction of sp³-hybridized carbons (Fsp3) is 0.500. The van der Waals surface area contributed by atoms with Crippen molar-refractivity contribution in [1.82, 2.24) is 16.0 Å². The summed E-state index contributed by atoms with van der Waals surface area (Å²) in [5.41, 5.74) is 17.1. The monoisotopic (exact) mass is 494 g/mol. The molecule has 13 heteroatoms. The van der Waals surface area contributed by atoms with Gasteiger partial charge in [0, 0.05) is 6.42 Å². The van der Waals surface area contributed by atoms with Crippen molar-refractivity contribution in [2.24, 2.45) is 17.2 Å². The molecule has 0 bridgehead atoms. The van der Waals surface area contributed by atoms with Crippen molar-refractivity contribution in [2.75, 3.05) is 13.1 Å². The first-order chi connectivity index (χ1) is 16.5. The van der Waals surface area contributed by atoms with Crippen molar-refractivity contribution in [3.63, 3.8) is 0 Å². The molecule has 0 saturated carbocycles. The molecular formula is C22H34N6O7. The summed E-state index contributed by atoms with van der Waals surface area (Å²) in [6.45, 7) is -0.122. The topological polar surface area (TPSA) is 240 Å². The van der Waals surface area contributed by atoms with Gasteiger partial charge in [-0.05, 0) is 56.3 Å². The van der Waals surface area contributed by atoms with Gasteiger partial charge in [0.15, 0.2) is 0 Å². The third kappa shape index (κ3) is 11.8. The lowest BCUT2D eigenvalue weighted by Gasteiger charge is -2.21. The van der Waals surface area contributed by atoms with E-state index in [-0.39, 0.29) is 31.4 Å². The van der Waals surface area contributed by atoms with Crippen LogP contribution in [-0.2, 0) is 30.4 Å². The Morgan fingerprint density at radius 1 is 0.914 bits per heavy atom. The Balaban J connectivity index is 2.66. The minimum Gasteiger partial charge on any atom is -0.508 e. The first-order valence-corrected chi connectivity index (χ1v) is 11.2. The Morgan fingerprint density at radius 3 is 2.14 bits per heavy atom. The Hall–Kier alpha value is -3.71. The molecule has 1 aromatic rings. The highest BCUT2D eigenvalue weighted by Gasteiger charge is 2.27. The number of rotatable bonds is 16. The van der Waals surface area contributed by atoms with Crippen molar-refractivity contribution in [3.8, 4) is 5.75 Å². The van der Waals surface area contributed by atoms with Gasteiger partial charge in [0.1, 0.15) is 17.8 Å². The molecule has 4 amide bonds. The molecule has 0 heterocycles. The van der Waals surface area contributed by atoms with Crippen molar-refractivity contribution in [3.05, 3.63) is 29.8 Å². The lowest BCUT2D eigenvalue weighted by Crippen LogP contribution is -2.54. The molecule has 0 aliphatic rings. The average molecular weight is 495 g/mol. The fourth-order valence-electron chi connectivity index (χ4n) is 3.10. The Morgan fingerprint density at radius 2 is 1.57 bits per heavy atom. The number of aromatic hydroxyl groups is 1. The number of carbonyl (C=O) groups excluding carboxylic acids is 4. The van der Waals surface area contributed by atoms with Gasteiger partial charge in [-0.2, -0.15) is 0 Å². The summed E-state index contributed by atoms with van der Waals surface area (Å²) in [7, 11) is 0. The molecular weight excluding hydrogens is 460 g/mol. The van der Waals surface area contributed by atoms with Gasteiger partial charge in [-0.3, -0.25) is 19.2 Å². The molecule has 3 atom stereocenters. The first kappa shape index (κ1) is 29.3. The third-order valence-corrected chi connectivity index (χ3v) is 5.04. The molecule has 0 fully saturated rings. The maximum Gasteiger partial charge on any atom is 0.326 e. The highest BCUT2D eigenvalue weighted by molar-refractivity contribution is 5.92. The number of phenols is 1. The van der Waals surface area contributed by atoms with E-state index in [9.17, 15) is 34.2 Å². The van der Waals surface area contributed by atoms with Gasteiger partial charge in [0.05, 0.1) is 12.6 Å². The SMILES string of the molecule is NCCCCC(NC(=O)C(CCC(N)=O)NC(=O)CNC(=O)C(N)Cc1ccc(O)cc1)C(=O)O. The molecule has 0 spiro atoms. The Labute approximate surface area is 202 Å². The van der Waals surface area contributed by atoms with Crippen molar-refractivity contribution in [1.29, 1.82) is 0 Å². The Kier molecular flexibility index (Phi) is 12.8. The predicted molar refractivity (Wildman–Crippen MR) is 126 cm³/mol. The van der Waals surface area contributed by atoms with E-state index in [1.54, 1.807) is 12.1 Å². The molecule has 11 N–H and O–H groups in total. The smallest absolute Gasteiger partial charge is 0.326 e. The first-order valence-electron chi connectivity index (χ1n) is 11.2. The van der Waals surface area contributed by atoms with Crippen LogP contribution in [0.15, 0.2) is 24.3 Å². The van der Waals surface area contributed by atoms with E-state index in [2.05, 4.69) is 16.0 Å². The number of benzene rings is 1. The van der Waals surface area contributed by atoms with Crippen molar-refractivity contribution >= 4 is 29.6 Å². The number of carboxylic acids is 1. The Bertz CT molecular complexity index is 878. The second-order valence-corrected chi connectivity index (χ2v) is 8.00. The number of phenolic OH excluding ortho intramolecular Hbond substituents is 1. The molecule has 0 aliphatic carbocycles. The molecule has 1 rings (SSSR count). The van der Waals surface area contributed by atoms with Gasteiger partial charge < -0.3 is 43.4 Å². The number of hydrogen-bond acceptors (Lipinski definition) is 8. The zero-order valence-electron chi connectivity index (χ0n) is 19.4. The molecule has 3 unspecified atom stereocenters. The minimum absolute atomic E-state index is 0.0728. The molecule has 0 aliphatic heterocycles. The van der Waals surface area contributed by atoms with Crippen LogP contribution in [0.2, 0.25) is 0 Å². The van der Waals surface area contributed by atoms with Gasteiger partial charge in [0.25, 0.3) is 0 Å². The molecule has 194 valence electrons. The summed E-state index contributed by atoms with van der Waals surface area (Å²) in [4.78, 5) is 59.8. The number of carboxylic acid groups (broad SMARTS) is 1. The van der Waals surface area contributed by atoms with Crippen LogP contribution in [-0.4, -0.2) is 71.0 Å². The van der Waals surface area contributed by atoms with Gasteiger partial charge >= 0.3 is 5.97 Å². The van der Waals surface area contributed by atoms with Gasteiger partial charge in [0.2, 0.25) is 23.6 Å². The van der Waals surface area contributed by atoms with Gasteiger partial charge in [-0.25, -0.2) is 4.79 Å². The second kappa shape index (κ2) is 15.2. The van der Waals surface area contributed by atoms with E-state index >= 15 is 0 Å². The largest absolute Gasteiger partial charge is 0.508 e. The number of unbranched alkanes of at least 4 members (excludes halogenated alkanes) is 1. The third-order valence-electron chi connectivity index (χ3n) is 5.04. The number of nitrogens with two attached hydrogens (primary N) is 3. The minimum atomic E-state index is -1.25. The molecule has 1 aromatic carbocycles. The van der Waals surface area contributed by atoms with Crippen LogP contribution in [0.5, 0.6) is 5.75 Å². The van der Waals surface area contributed by atoms with Crippen LogP contribution in [0.4, 0.5) is 0 Å². The average Bonchev–Trinajstić information content (AvgIpc) is 2.80. The van der Waals surface area contributed by atoms with E-state index < -0.39 is 54.3 Å². The second-order valence-electron chi connectivity index (χ2n) is 8.00. The van der Waals surface area contributed by atoms with Crippen molar-refractivity contribution in [2.45, 2.75) is 56.7 Å². The fourth-order valence-corrected chi connectivity index (χ4v) is 3.10. The molecule has 0 aromatic heterocycles. The van der Waals surface area contributed by atoms with Gasteiger partial charge in [-0.15, -0.1) is 0 Å². The standard InChI is InChI=1S/C22H34N6O7/c23-10-2-1-3-17(22(34)35)28-21(33)16(8-9-18(25)30)27-19(31)12-26-20(32)15(24)11-13-4-6-14(29)7-5-13/h4-7,15-17,29H,1-3,8-12,23-24H2,(H2,25,30)(H,26,32)(H,27,31)(H,28,33)(H,34,35). The van der Waals surface area contributed by atoms with Crippen LogP contribution in [0.1, 0.15) is 37.7 Å². The van der Waals surface area contributed by atoms with E-state index in [1.165, 1.54) is 12.1 Å². The zero-order valence-corrected chi connectivity index (χ0v) is 19.4. The van der Waals surface area contributed by atoms with Crippen LogP contribution in [0.3, 0.4) is 0 Å². The summed E-state index contributed by atoms with van der Waals surface area (Å²) in [6, 6.07) is 2.73. The number of primary amides is 1. The summed E-state index contributed by atoms with van der Waals surface area (Å²) >= 11 is 0. The molecule has 0 radical (unpaired) electrons. The van der Waals surface area contributed by atoms with E-state index in [0.717, 1.165) is 0 Å². The number of carbonyl (C=O) groups is 5. The van der Waals surface area contributed by atoms with E-state index in [4.69, 9.17) is 17.2 Å². The number of aliphatic carboxylic acids is 1. The number of amides is 4. The van der Waals surface area contributed by atoms with Crippen LogP contribution < -0.4 is 33.2 Å². The molecule has 0 saturated heterocycles. The quantitative estimate of drug-likeness (QED) is 0.116. The summed E-state index contributed by atoms with van der Waals surface area (Å²) < 4.78 is 0. The highest BCUT2D eigenvalue weighted by atomic mass is 16.4. The van der Waals surface area contributed by atoms with Crippen molar-refractivity contribution < 1.29 is 34.2 Å². The van der Waals surface area contributed by atoms with E-state index in [1.807, 2.05) is 0 Å².